The first kappa shape index (κ1) is 20.8. The van der Waals surface area contributed by atoms with Crippen LogP contribution in [0, 0.1) is 25.1 Å². The summed E-state index contributed by atoms with van der Waals surface area (Å²) in [5.74, 6) is 0.0277. The molecule has 0 radical (unpaired) electrons. The first-order valence-electron chi connectivity index (χ1n) is 9.81. The second-order valence-corrected chi connectivity index (χ2v) is 9.20. The Labute approximate surface area is 167 Å². The summed E-state index contributed by atoms with van der Waals surface area (Å²) >= 11 is 0. The molecule has 2 aromatic rings. The number of halogens is 1. The zero-order valence-electron chi connectivity index (χ0n) is 17.8. The summed E-state index contributed by atoms with van der Waals surface area (Å²) in [5, 5.41) is 0. The highest BCUT2D eigenvalue weighted by Crippen LogP contribution is 2.36. The molecule has 0 bridgehead atoms. The van der Waals surface area contributed by atoms with Gasteiger partial charge >= 0.3 is 0 Å². The maximum absolute atomic E-state index is 15.0. The minimum absolute atomic E-state index is 0.0195. The van der Waals surface area contributed by atoms with Crippen LogP contribution in [0.4, 0.5) is 4.39 Å². The molecule has 2 aromatic carbocycles. The van der Waals surface area contributed by atoms with Crippen LogP contribution in [-0.4, -0.2) is 25.4 Å². The molecule has 0 N–H and O–H groups in total. The summed E-state index contributed by atoms with van der Waals surface area (Å²) in [6.45, 7) is 14.3. The summed E-state index contributed by atoms with van der Waals surface area (Å²) in [6.07, 6.45) is 0. The van der Waals surface area contributed by atoms with Gasteiger partial charge in [0.15, 0.2) is 11.6 Å². The molecule has 1 saturated heterocycles. The van der Waals surface area contributed by atoms with Gasteiger partial charge in [-0.25, -0.2) is 4.39 Å². The van der Waals surface area contributed by atoms with Gasteiger partial charge in [0.25, 0.3) is 0 Å². The summed E-state index contributed by atoms with van der Waals surface area (Å²) in [5.41, 5.74) is 4.38. The van der Waals surface area contributed by atoms with Crippen molar-refractivity contribution in [3.05, 3.63) is 52.8 Å². The van der Waals surface area contributed by atoms with E-state index in [4.69, 9.17) is 14.2 Å². The fraction of sp³-hybridized carbons (Fsp3) is 0.500. The molecule has 0 unspecified atom stereocenters. The van der Waals surface area contributed by atoms with Crippen molar-refractivity contribution in [2.24, 2.45) is 5.41 Å². The Balaban J connectivity index is 1.85. The molecule has 1 aliphatic heterocycles. The second-order valence-electron chi connectivity index (χ2n) is 9.20. The predicted molar refractivity (Wildman–Crippen MR) is 110 cm³/mol. The quantitative estimate of drug-likeness (QED) is 0.624. The Morgan fingerprint density at radius 3 is 2.46 bits per heavy atom. The van der Waals surface area contributed by atoms with Crippen LogP contribution in [0.25, 0.3) is 11.1 Å². The summed E-state index contributed by atoms with van der Waals surface area (Å²) in [4.78, 5) is 0. The zero-order chi connectivity index (χ0) is 20.5. The third-order valence-electron chi connectivity index (χ3n) is 5.03. The van der Waals surface area contributed by atoms with Crippen molar-refractivity contribution in [1.29, 1.82) is 0 Å². The van der Waals surface area contributed by atoms with E-state index in [1.165, 1.54) is 0 Å². The highest BCUT2D eigenvalue weighted by molar-refractivity contribution is 5.72. The monoisotopic (exact) mass is 386 g/mol. The lowest BCUT2D eigenvalue weighted by molar-refractivity contribution is -0.120. The fourth-order valence-electron chi connectivity index (χ4n) is 3.37. The van der Waals surface area contributed by atoms with Gasteiger partial charge in [0.1, 0.15) is 0 Å². The number of hydrogen-bond acceptors (Lipinski definition) is 3. The summed E-state index contributed by atoms with van der Waals surface area (Å²) in [6, 6.07) is 9.93. The van der Waals surface area contributed by atoms with Crippen molar-refractivity contribution in [3.63, 3.8) is 0 Å². The number of benzene rings is 2. The maximum Gasteiger partial charge on any atom is 0.168 e. The van der Waals surface area contributed by atoms with Crippen molar-refractivity contribution < 1.29 is 18.6 Å². The molecule has 0 saturated carbocycles. The normalized spacial score (nSPS) is 16.0. The number of rotatable bonds is 6. The fourth-order valence-corrected chi connectivity index (χ4v) is 3.37. The van der Waals surface area contributed by atoms with Gasteiger partial charge in [-0.05, 0) is 74.6 Å². The summed E-state index contributed by atoms with van der Waals surface area (Å²) < 4.78 is 32.0. The van der Waals surface area contributed by atoms with Crippen LogP contribution < -0.4 is 4.74 Å². The molecular weight excluding hydrogens is 355 g/mol. The number of hydrogen-bond donors (Lipinski definition) is 0. The minimum atomic E-state index is -0.291. The lowest BCUT2D eigenvalue weighted by atomic mass is 9.90. The molecule has 4 heteroatoms. The molecule has 28 heavy (non-hydrogen) atoms. The molecule has 152 valence electrons. The van der Waals surface area contributed by atoms with Gasteiger partial charge in [0.05, 0.1) is 32.0 Å². The van der Waals surface area contributed by atoms with E-state index in [0.717, 1.165) is 22.3 Å². The zero-order valence-corrected chi connectivity index (χ0v) is 17.8. The lowest BCUT2D eigenvalue weighted by Crippen LogP contribution is -2.44. The molecule has 0 aromatic heterocycles. The average molecular weight is 387 g/mol. The maximum atomic E-state index is 15.0. The standard InChI is InChI=1S/C24H31FO3/c1-16-10-20(27-15-24(6)13-26-14-24)22(25)17(2)21(16)19-9-7-8-18(11-19)12-28-23(3,4)5/h7-11H,12-15H2,1-6H3. The van der Waals surface area contributed by atoms with Gasteiger partial charge in [0.2, 0.25) is 0 Å². The highest BCUT2D eigenvalue weighted by Gasteiger charge is 2.34. The van der Waals surface area contributed by atoms with Crippen molar-refractivity contribution >= 4 is 0 Å². The van der Waals surface area contributed by atoms with E-state index in [0.29, 0.717) is 37.7 Å². The smallest absolute Gasteiger partial charge is 0.168 e. The van der Waals surface area contributed by atoms with Gasteiger partial charge in [0, 0.05) is 5.41 Å². The average Bonchev–Trinajstić information content (AvgIpc) is 2.60. The Morgan fingerprint density at radius 2 is 1.86 bits per heavy atom. The third kappa shape index (κ3) is 4.73. The first-order chi connectivity index (χ1) is 13.1. The van der Waals surface area contributed by atoms with Crippen LogP contribution in [-0.2, 0) is 16.1 Å². The van der Waals surface area contributed by atoms with Gasteiger partial charge < -0.3 is 14.2 Å². The van der Waals surface area contributed by atoms with Gasteiger partial charge in [-0.2, -0.15) is 0 Å². The van der Waals surface area contributed by atoms with E-state index in [1.807, 2.05) is 52.8 Å². The molecule has 0 aliphatic carbocycles. The molecule has 3 rings (SSSR count). The van der Waals surface area contributed by atoms with Crippen LogP contribution in [0.3, 0.4) is 0 Å². The second kappa shape index (κ2) is 7.84. The van der Waals surface area contributed by atoms with Crippen LogP contribution in [0.2, 0.25) is 0 Å². The van der Waals surface area contributed by atoms with Gasteiger partial charge in [-0.3, -0.25) is 0 Å². The van der Waals surface area contributed by atoms with E-state index in [-0.39, 0.29) is 16.8 Å². The van der Waals surface area contributed by atoms with E-state index < -0.39 is 0 Å². The number of aryl methyl sites for hydroxylation is 1. The van der Waals surface area contributed by atoms with E-state index >= 15 is 4.39 Å². The lowest BCUT2D eigenvalue weighted by Gasteiger charge is -2.37. The molecular formula is C24H31FO3. The van der Waals surface area contributed by atoms with Crippen LogP contribution >= 0.6 is 0 Å². The molecule has 0 atom stereocenters. The predicted octanol–water partition coefficient (Wildman–Crippen LogP) is 5.84. The Hall–Kier alpha value is -1.91. The molecule has 3 nitrogen and oxygen atoms in total. The SMILES string of the molecule is Cc1cc(OCC2(C)COC2)c(F)c(C)c1-c1cccc(COC(C)(C)C)c1. The van der Waals surface area contributed by atoms with Gasteiger partial charge in [-0.1, -0.05) is 25.1 Å². The molecule has 1 heterocycles. The van der Waals surface area contributed by atoms with Crippen molar-refractivity contribution in [2.75, 3.05) is 19.8 Å². The van der Waals surface area contributed by atoms with Crippen molar-refractivity contribution in [1.82, 2.24) is 0 Å². The molecule has 1 aliphatic rings. The first-order valence-corrected chi connectivity index (χ1v) is 9.81. The molecule has 0 spiro atoms. The van der Waals surface area contributed by atoms with E-state index in [9.17, 15) is 0 Å². The third-order valence-corrected chi connectivity index (χ3v) is 5.03. The van der Waals surface area contributed by atoms with Crippen LogP contribution in [0.5, 0.6) is 5.75 Å². The van der Waals surface area contributed by atoms with Crippen molar-refractivity contribution in [2.45, 2.75) is 53.8 Å². The minimum Gasteiger partial charge on any atom is -0.490 e. The van der Waals surface area contributed by atoms with Gasteiger partial charge in [-0.15, -0.1) is 0 Å². The summed E-state index contributed by atoms with van der Waals surface area (Å²) in [7, 11) is 0. The Kier molecular flexibility index (Phi) is 5.83. The van der Waals surface area contributed by atoms with Crippen LogP contribution in [0.1, 0.15) is 44.4 Å². The number of ether oxygens (including phenoxy) is 3. The Bertz CT molecular complexity index is 848. The molecule has 1 fully saturated rings. The van der Waals surface area contributed by atoms with E-state index in [2.05, 4.69) is 13.0 Å². The Morgan fingerprint density at radius 1 is 1.14 bits per heavy atom. The molecule has 0 amide bonds. The van der Waals surface area contributed by atoms with E-state index in [1.54, 1.807) is 6.07 Å². The highest BCUT2D eigenvalue weighted by atomic mass is 19.1. The topological polar surface area (TPSA) is 27.7 Å². The van der Waals surface area contributed by atoms with Crippen LogP contribution in [0.15, 0.2) is 30.3 Å². The van der Waals surface area contributed by atoms with Crippen molar-refractivity contribution in [3.8, 4) is 16.9 Å². The largest absolute Gasteiger partial charge is 0.490 e.